The molecule has 2 heteroatoms. The zero-order valence-corrected chi connectivity index (χ0v) is 15.4. The minimum absolute atomic E-state index is 0.517. The predicted molar refractivity (Wildman–Crippen MR) is 95.8 cm³/mol. The summed E-state index contributed by atoms with van der Waals surface area (Å²) in [5.41, 5.74) is 4.24. The Morgan fingerprint density at radius 3 is 2.52 bits per heavy atom. The molecule has 1 aliphatic rings. The van der Waals surface area contributed by atoms with Crippen molar-refractivity contribution in [3.8, 4) is 0 Å². The third-order valence-corrected chi connectivity index (χ3v) is 5.82. The Labute approximate surface area is 139 Å². The monoisotopic (exact) mass is 351 g/mol. The molecule has 118 valence electrons. The molecule has 1 aliphatic carbocycles. The molecule has 1 aromatic carbocycles. The van der Waals surface area contributed by atoms with E-state index in [2.05, 4.69) is 54.2 Å². The lowest BCUT2D eigenvalue weighted by Crippen LogP contribution is -2.23. The van der Waals surface area contributed by atoms with Crippen LogP contribution in [-0.2, 0) is 0 Å². The van der Waals surface area contributed by atoms with E-state index < -0.39 is 0 Å². The molecule has 0 radical (unpaired) electrons. The topological polar surface area (TPSA) is 12.0 Å². The van der Waals surface area contributed by atoms with Gasteiger partial charge in [0.2, 0.25) is 0 Å². The van der Waals surface area contributed by atoms with Crippen LogP contribution in [0.3, 0.4) is 0 Å². The van der Waals surface area contributed by atoms with Crippen LogP contribution in [0.15, 0.2) is 16.6 Å². The molecule has 1 N–H and O–H groups in total. The summed E-state index contributed by atoms with van der Waals surface area (Å²) in [6.45, 7) is 7.69. The van der Waals surface area contributed by atoms with Crippen LogP contribution in [0.4, 0.5) is 0 Å². The number of aryl methyl sites for hydroxylation is 2. The second-order valence-electron chi connectivity index (χ2n) is 6.65. The molecule has 0 amide bonds. The van der Waals surface area contributed by atoms with Gasteiger partial charge in [0.05, 0.1) is 0 Å². The number of rotatable bonds is 6. The quantitative estimate of drug-likeness (QED) is 0.654. The van der Waals surface area contributed by atoms with Gasteiger partial charge < -0.3 is 5.32 Å². The summed E-state index contributed by atoms with van der Waals surface area (Å²) in [7, 11) is 0. The van der Waals surface area contributed by atoms with E-state index in [0.717, 1.165) is 12.5 Å². The van der Waals surface area contributed by atoms with E-state index in [0.29, 0.717) is 6.04 Å². The Balaban J connectivity index is 2.05. The summed E-state index contributed by atoms with van der Waals surface area (Å²) >= 11 is 3.65. The second kappa shape index (κ2) is 8.33. The number of hydrogen-bond acceptors (Lipinski definition) is 1. The van der Waals surface area contributed by atoms with Crippen LogP contribution >= 0.6 is 15.9 Å². The number of benzene rings is 1. The molecule has 0 aromatic heterocycles. The predicted octanol–water partition coefficient (Wildman–Crippen LogP) is 6.08. The minimum Gasteiger partial charge on any atom is -0.310 e. The van der Waals surface area contributed by atoms with E-state index in [1.165, 1.54) is 66.1 Å². The highest BCUT2D eigenvalue weighted by Gasteiger charge is 2.18. The van der Waals surface area contributed by atoms with Crippen molar-refractivity contribution in [3.05, 3.63) is 33.3 Å². The SMILES string of the molecule is CCNC(CCC1CCCCC1)c1cc(C)c(Br)cc1C. The Hall–Kier alpha value is -0.340. The Morgan fingerprint density at radius 2 is 1.86 bits per heavy atom. The second-order valence-corrected chi connectivity index (χ2v) is 7.50. The van der Waals surface area contributed by atoms with Gasteiger partial charge in [0.1, 0.15) is 0 Å². The third-order valence-electron chi connectivity index (χ3n) is 4.96. The van der Waals surface area contributed by atoms with Gasteiger partial charge in [0, 0.05) is 10.5 Å². The zero-order valence-electron chi connectivity index (χ0n) is 13.8. The fourth-order valence-corrected chi connectivity index (χ4v) is 4.13. The summed E-state index contributed by atoms with van der Waals surface area (Å²) in [4.78, 5) is 0. The molecule has 2 rings (SSSR count). The zero-order chi connectivity index (χ0) is 15.2. The highest BCUT2D eigenvalue weighted by Crippen LogP contribution is 2.32. The highest BCUT2D eigenvalue weighted by molar-refractivity contribution is 9.10. The van der Waals surface area contributed by atoms with Gasteiger partial charge in [0.25, 0.3) is 0 Å². The number of hydrogen-bond donors (Lipinski definition) is 1. The van der Waals surface area contributed by atoms with Crippen LogP contribution in [0.25, 0.3) is 0 Å². The molecular weight excluding hydrogens is 322 g/mol. The first-order valence-corrected chi connectivity index (χ1v) is 9.41. The van der Waals surface area contributed by atoms with E-state index in [-0.39, 0.29) is 0 Å². The largest absolute Gasteiger partial charge is 0.310 e. The van der Waals surface area contributed by atoms with Gasteiger partial charge in [-0.3, -0.25) is 0 Å². The molecule has 0 aliphatic heterocycles. The first-order chi connectivity index (χ1) is 10.1. The number of nitrogens with one attached hydrogen (secondary N) is 1. The lowest BCUT2D eigenvalue weighted by Gasteiger charge is -2.26. The molecule has 1 atom stereocenters. The lowest BCUT2D eigenvalue weighted by molar-refractivity contribution is 0.315. The molecule has 0 heterocycles. The standard InChI is InChI=1S/C19H30BrN/c1-4-21-19(11-10-16-8-6-5-7-9-16)17-12-15(3)18(20)13-14(17)2/h12-13,16,19,21H,4-11H2,1-3H3. The van der Waals surface area contributed by atoms with Crippen molar-refractivity contribution in [2.24, 2.45) is 5.92 Å². The molecule has 0 saturated heterocycles. The maximum Gasteiger partial charge on any atom is 0.0322 e. The van der Waals surface area contributed by atoms with Crippen molar-refractivity contribution in [2.45, 2.75) is 71.8 Å². The fourth-order valence-electron chi connectivity index (χ4n) is 3.67. The summed E-state index contributed by atoms with van der Waals surface area (Å²) in [5.74, 6) is 0.969. The van der Waals surface area contributed by atoms with Gasteiger partial charge >= 0.3 is 0 Å². The van der Waals surface area contributed by atoms with Crippen LogP contribution < -0.4 is 5.32 Å². The molecule has 0 bridgehead atoms. The van der Waals surface area contributed by atoms with Gasteiger partial charge in [-0.2, -0.15) is 0 Å². The normalized spacial score (nSPS) is 17.9. The van der Waals surface area contributed by atoms with Crippen LogP contribution in [0.5, 0.6) is 0 Å². The van der Waals surface area contributed by atoms with E-state index in [4.69, 9.17) is 0 Å². The molecule has 1 fully saturated rings. The van der Waals surface area contributed by atoms with Crippen LogP contribution in [-0.4, -0.2) is 6.54 Å². The smallest absolute Gasteiger partial charge is 0.0322 e. The summed E-state index contributed by atoms with van der Waals surface area (Å²) in [6, 6.07) is 5.16. The van der Waals surface area contributed by atoms with Gasteiger partial charge in [0.15, 0.2) is 0 Å². The average Bonchev–Trinajstić information content (AvgIpc) is 2.48. The number of halogens is 1. The van der Waals surface area contributed by atoms with E-state index in [1.807, 2.05) is 0 Å². The van der Waals surface area contributed by atoms with Crippen molar-refractivity contribution in [3.63, 3.8) is 0 Å². The van der Waals surface area contributed by atoms with Gasteiger partial charge in [-0.25, -0.2) is 0 Å². The van der Waals surface area contributed by atoms with Gasteiger partial charge in [-0.1, -0.05) is 61.0 Å². The minimum atomic E-state index is 0.517. The van der Waals surface area contributed by atoms with Crippen LogP contribution in [0.1, 0.15) is 74.6 Å². The van der Waals surface area contributed by atoms with Gasteiger partial charge in [-0.05, 0) is 61.9 Å². The summed E-state index contributed by atoms with van der Waals surface area (Å²) in [5, 5.41) is 3.71. The Morgan fingerprint density at radius 1 is 1.14 bits per heavy atom. The first kappa shape index (κ1) is 17.0. The molecule has 21 heavy (non-hydrogen) atoms. The average molecular weight is 352 g/mol. The maximum absolute atomic E-state index is 3.71. The fraction of sp³-hybridized carbons (Fsp3) is 0.684. The van der Waals surface area contributed by atoms with Crippen LogP contribution in [0, 0.1) is 19.8 Å². The van der Waals surface area contributed by atoms with Crippen molar-refractivity contribution >= 4 is 15.9 Å². The van der Waals surface area contributed by atoms with Crippen molar-refractivity contribution in [1.29, 1.82) is 0 Å². The molecule has 1 aromatic rings. The molecule has 1 saturated carbocycles. The third kappa shape index (κ3) is 4.82. The van der Waals surface area contributed by atoms with Gasteiger partial charge in [-0.15, -0.1) is 0 Å². The molecular formula is C19H30BrN. The van der Waals surface area contributed by atoms with E-state index in [9.17, 15) is 0 Å². The summed E-state index contributed by atoms with van der Waals surface area (Å²) < 4.78 is 1.23. The van der Waals surface area contributed by atoms with Crippen molar-refractivity contribution < 1.29 is 0 Å². The van der Waals surface area contributed by atoms with Crippen molar-refractivity contribution in [2.75, 3.05) is 6.54 Å². The van der Waals surface area contributed by atoms with E-state index >= 15 is 0 Å². The van der Waals surface area contributed by atoms with Crippen molar-refractivity contribution in [1.82, 2.24) is 5.32 Å². The molecule has 1 nitrogen and oxygen atoms in total. The highest BCUT2D eigenvalue weighted by atomic mass is 79.9. The first-order valence-electron chi connectivity index (χ1n) is 8.61. The molecule has 0 spiro atoms. The lowest BCUT2D eigenvalue weighted by atomic mass is 9.84. The van der Waals surface area contributed by atoms with E-state index in [1.54, 1.807) is 0 Å². The Kier molecular flexibility index (Phi) is 6.75. The maximum atomic E-state index is 3.71. The molecule has 1 unspecified atom stereocenters. The Bertz CT molecular complexity index is 449. The van der Waals surface area contributed by atoms with Crippen LogP contribution in [0.2, 0.25) is 0 Å². The summed E-state index contributed by atoms with van der Waals surface area (Å²) in [6.07, 6.45) is 9.93.